The summed E-state index contributed by atoms with van der Waals surface area (Å²) in [5.41, 5.74) is 8.08. The van der Waals surface area contributed by atoms with E-state index in [4.69, 9.17) is 9.97 Å². The van der Waals surface area contributed by atoms with Gasteiger partial charge in [-0.15, -0.1) is 0 Å². The van der Waals surface area contributed by atoms with Gasteiger partial charge in [0.15, 0.2) is 0 Å². The van der Waals surface area contributed by atoms with E-state index in [1.165, 1.54) is 12.0 Å². The van der Waals surface area contributed by atoms with Crippen LogP contribution in [0.3, 0.4) is 0 Å². The minimum atomic E-state index is 0. The Morgan fingerprint density at radius 1 is 0.840 bits per heavy atom. The molecule has 2 nitrogen and oxygen atoms in total. The highest BCUT2D eigenvalue weighted by Crippen LogP contribution is 2.55. The van der Waals surface area contributed by atoms with Crippen molar-refractivity contribution in [3.63, 3.8) is 0 Å². The zero-order valence-electron chi connectivity index (χ0n) is 14.3. The van der Waals surface area contributed by atoms with Crippen LogP contribution in [0, 0.1) is 11.8 Å². The van der Waals surface area contributed by atoms with Gasteiger partial charge in [0.25, 0.3) is 0 Å². The van der Waals surface area contributed by atoms with Crippen LogP contribution in [0.25, 0.3) is 27.9 Å². The van der Waals surface area contributed by atoms with E-state index >= 15 is 0 Å². The van der Waals surface area contributed by atoms with E-state index in [0.717, 1.165) is 40.3 Å². The van der Waals surface area contributed by atoms with E-state index < -0.39 is 0 Å². The van der Waals surface area contributed by atoms with Crippen LogP contribution in [0.1, 0.15) is 26.9 Å². The zero-order chi connectivity index (χ0) is 16.8. The molecule has 0 amide bonds. The Balaban J connectivity index is 0.00000168. The van der Waals surface area contributed by atoms with Gasteiger partial charge in [-0.25, -0.2) is 9.97 Å². The van der Waals surface area contributed by atoms with Crippen LogP contribution in [0.15, 0.2) is 72.3 Å². The molecule has 2 aromatic carbocycles. The highest BCUT2D eigenvalue weighted by Gasteiger charge is 2.44. The smallest absolute Gasteiger partial charge is 0.0969 e. The number of fused-ring (bicyclic) bond motifs is 2. The summed E-state index contributed by atoms with van der Waals surface area (Å²) in [4.78, 5) is 10.0. The normalized spacial score (nSPS) is 21.5. The maximum absolute atomic E-state index is 5.04. The fourth-order valence-electron chi connectivity index (χ4n) is 4.03. The molecule has 0 aliphatic heterocycles. The molecule has 2 aliphatic carbocycles. The van der Waals surface area contributed by atoms with Gasteiger partial charge < -0.3 is 0 Å². The molecule has 124 valence electrons. The predicted molar refractivity (Wildman–Crippen MR) is 105 cm³/mol. The second-order valence-corrected chi connectivity index (χ2v) is 6.94. The van der Waals surface area contributed by atoms with E-state index in [1.54, 1.807) is 5.57 Å². The highest BCUT2D eigenvalue weighted by molar-refractivity contribution is 5.86. The van der Waals surface area contributed by atoms with Crippen molar-refractivity contribution in [2.24, 2.45) is 11.8 Å². The summed E-state index contributed by atoms with van der Waals surface area (Å²) in [5.74, 6) is 1.35. The van der Waals surface area contributed by atoms with Crippen molar-refractivity contribution >= 4 is 16.6 Å². The minimum absolute atomic E-state index is 0. The maximum atomic E-state index is 5.04. The number of aromatic nitrogens is 2. The van der Waals surface area contributed by atoms with Crippen molar-refractivity contribution in [2.75, 3.05) is 0 Å². The van der Waals surface area contributed by atoms with Crippen molar-refractivity contribution in [1.29, 1.82) is 0 Å². The largest absolute Gasteiger partial charge is 0.244 e. The summed E-state index contributed by atoms with van der Waals surface area (Å²) < 4.78 is 0. The molecule has 0 N–H and O–H groups in total. The quantitative estimate of drug-likeness (QED) is 0.597. The molecule has 0 radical (unpaired) electrons. The molecule has 5 rings (SSSR count). The van der Waals surface area contributed by atoms with E-state index in [9.17, 15) is 0 Å². The first-order valence-corrected chi connectivity index (χ1v) is 9.08. The molecule has 0 saturated heterocycles. The van der Waals surface area contributed by atoms with Gasteiger partial charge in [-0.05, 0) is 42.4 Å². The Morgan fingerprint density at radius 2 is 1.52 bits per heavy atom. The summed E-state index contributed by atoms with van der Waals surface area (Å²) in [6.07, 6.45) is 7.02. The molecule has 3 aromatic rings. The summed E-state index contributed by atoms with van der Waals surface area (Å²) in [6, 6.07) is 18.6. The first-order chi connectivity index (χ1) is 12.3. The molecular formula is C23H22N2. The Kier molecular flexibility index (Phi) is 3.30. The molecule has 2 unspecified atom stereocenters. The van der Waals surface area contributed by atoms with Crippen molar-refractivity contribution in [2.45, 2.75) is 19.8 Å². The number of benzene rings is 2. The molecule has 1 heterocycles. The van der Waals surface area contributed by atoms with Crippen molar-refractivity contribution in [3.05, 3.63) is 78.0 Å². The number of hydrogen-bond acceptors (Lipinski definition) is 2. The molecule has 0 bridgehead atoms. The fraction of sp³-hybridized carbons (Fsp3) is 0.217. The third kappa shape index (κ3) is 2.41. The highest BCUT2D eigenvalue weighted by atomic mass is 14.8. The summed E-state index contributed by atoms with van der Waals surface area (Å²) in [7, 11) is 0. The lowest BCUT2D eigenvalue weighted by Crippen LogP contribution is -2.03. The minimum Gasteiger partial charge on any atom is -0.244 e. The van der Waals surface area contributed by atoms with Gasteiger partial charge in [-0.1, -0.05) is 67.1 Å². The first-order valence-electron chi connectivity index (χ1n) is 9.08. The Hall–Kier alpha value is -2.74. The lowest BCUT2D eigenvalue weighted by Gasteiger charge is -2.16. The molecule has 0 spiro atoms. The van der Waals surface area contributed by atoms with Crippen molar-refractivity contribution in [1.82, 2.24) is 9.97 Å². The molecular weight excluding hydrogens is 304 g/mol. The van der Waals surface area contributed by atoms with Crippen LogP contribution in [0.5, 0.6) is 0 Å². The fourth-order valence-corrected chi connectivity index (χ4v) is 4.03. The Morgan fingerprint density at radius 3 is 2.24 bits per heavy atom. The van der Waals surface area contributed by atoms with Gasteiger partial charge in [-0.2, -0.15) is 0 Å². The van der Waals surface area contributed by atoms with E-state index in [0.29, 0.717) is 5.92 Å². The van der Waals surface area contributed by atoms with Gasteiger partial charge >= 0.3 is 0 Å². The number of hydrogen-bond donors (Lipinski definition) is 0. The second kappa shape index (κ2) is 5.66. The van der Waals surface area contributed by atoms with E-state index in [-0.39, 0.29) is 1.43 Å². The van der Waals surface area contributed by atoms with Crippen LogP contribution >= 0.6 is 0 Å². The molecule has 1 aromatic heterocycles. The average molecular weight is 326 g/mol. The second-order valence-electron chi connectivity index (χ2n) is 6.94. The van der Waals surface area contributed by atoms with Gasteiger partial charge in [0, 0.05) is 6.99 Å². The lowest BCUT2D eigenvalue weighted by molar-refractivity contribution is 0.857. The van der Waals surface area contributed by atoms with Crippen LogP contribution in [-0.2, 0) is 0 Å². The molecule has 2 atom stereocenters. The van der Waals surface area contributed by atoms with Crippen LogP contribution in [0.2, 0.25) is 0 Å². The zero-order valence-corrected chi connectivity index (χ0v) is 14.3. The van der Waals surface area contributed by atoms with Gasteiger partial charge in [0.05, 0.1) is 22.4 Å². The summed E-state index contributed by atoms with van der Waals surface area (Å²) in [5, 5.41) is 0. The van der Waals surface area contributed by atoms with Crippen molar-refractivity contribution < 1.29 is 1.43 Å². The van der Waals surface area contributed by atoms with Gasteiger partial charge in [0.2, 0.25) is 0 Å². The maximum Gasteiger partial charge on any atom is 0.0969 e. The first kappa shape index (κ1) is 14.6. The van der Waals surface area contributed by atoms with Gasteiger partial charge in [-0.3, -0.25) is 0 Å². The third-order valence-electron chi connectivity index (χ3n) is 5.44. The van der Waals surface area contributed by atoms with Crippen LogP contribution in [-0.4, -0.2) is 9.97 Å². The lowest BCUT2D eigenvalue weighted by atomic mass is 9.92. The molecule has 25 heavy (non-hydrogen) atoms. The number of nitrogens with zero attached hydrogens (tertiary/aromatic N) is 2. The standard InChI is InChI=1S/C23H20N2.H2/c1-2-15-12-13-17(19-14-18(15)19)23-22(16-8-4-3-5-9-16)24-20-10-6-7-11-21(20)25-23;/h3-13,18-19H,2,14H2,1H3;1H. The monoisotopic (exact) mass is 326 g/mol. The van der Waals surface area contributed by atoms with E-state index in [1.807, 2.05) is 24.3 Å². The van der Waals surface area contributed by atoms with Crippen LogP contribution < -0.4 is 0 Å². The summed E-state index contributed by atoms with van der Waals surface area (Å²) in [6.45, 7) is 2.26. The summed E-state index contributed by atoms with van der Waals surface area (Å²) >= 11 is 0. The molecule has 1 fully saturated rings. The topological polar surface area (TPSA) is 25.8 Å². The van der Waals surface area contributed by atoms with Gasteiger partial charge in [0.1, 0.15) is 0 Å². The Labute approximate surface area is 149 Å². The van der Waals surface area contributed by atoms with Crippen LogP contribution in [0.4, 0.5) is 0 Å². The third-order valence-corrected chi connectivity index (χ3v) is 5.44. The SMILES string of the molecule is CCC1=CC=C(c2nc3ccccc3nc2-c2ccccc2)C2CC12.[HH]. The number of rotatable bonds is 3. The van der Waals surface area contributed by atoms with Crippen molar-refractivity contribution in [3.8, 4) is 11.3 Å². The molecule has 2 heteroatoms. The van der Waals surface area contributed by atoms with E-state index in [2.05, 4.69) is 49.4 Å². The average Bonchev–Trinajstić information content (AvgIpc) is 3.48. The number of allylic oxidation sites excluding steroid dienone is 4. The predicted octanol–water partition coefficient (Wildman–Crippen LogP) is 5.91. The number of para-hydroxylation sites is 2. The molecule has 2 aliphatic rings. The molecule has 1 saturated carbocycles. The Bertz CT molecular complexity index is 1020.